The lowest BCUT2D eigenvalue weighted by Crippen LogP contribution is -2.52. The highest BCUT2D eigenvalue weighted by molar-refractivity contribution is 7.86. The fraction of sp³-hybridized carbons (Fsp3) is 0.522. The highest BCUT2D eigenvalue weighted by Crippen LogP contribution is 2.26. The minimum absolute atomic E-state index is 0.0448. The van der Waals surface area contributed by atoms with Gasteiger partial charge in [-0.15, -0.1) is 0 Å². The first-order chi connectivity index (χ1) is 17.6. The van der Waals surface area contributed by atoms with E-state index in [-0.39, 0.29) is 37.8 Å². The van der Waals surface area contributed by atoms with Crippen LogP contribution in [-0.2, 0) is 39.3 Å². The number of carbonyl (C=O) groups excluding carboxylic acids is 1. The van der Waals surface area contributed by atoms with E-state index in [9.17, 15) is 27.5 Å². The van der Waals surface area contributed by atoms with Gasteiger partial charge in [0.05, 0.1) is 31.9 Å². The zero-order chi connectivity index (χ0) is 26.7. The fourth-order valence-electron chi connectivity index (χ4n) is 4.27. The van der Waals surface area contributed by atoms with Crippen molar-refractivity contribution in [3.05, 3.63) is 57.5 Å². The van der Waals surface area contributed by atoms with Gasteiger partial charge in [-0.2, -0.15) is 17.0 Å². The van der Waals surface area contributed by atoms with Crippen LogP contribution in [0.5, 0.6) is 5.75 Å². The second-order valence-corrected chi connectivity index (χ2v) is 11.1. The monoisotopic (exact) mass is 538 g/mol. The largest absolute Gasteiger partial charge is 0.502 e. The summed E-state index contributed by atoms with van der Waals surface area (Å²) in [7, 11) is -0.581. The summed E-state index contributed by atoms with van der Waals surface area (Å²) in [6, 6.07) is 4.67. The van der Waals surface area contributed by atoms with Crippen molar-refractivity contribution >= 4 is 16.1 Å². The molecule has 2 aliphatic rings. The van der Waals surface area contributed by atoms with E-state index >= 15 is 0 Å². The number of piperazine rings is 1. The van der Waals surface area contributed by atoms with Gasteiger partial charge in [0.2, 0.25) is 11.7 Å². The molecule has 0 spiro atoms. The molecule has 0 radical (unpaired) electrons. The summed E-state index contributed by atoms with van der Waals surface area (Å²) >= 11 is 0. The van der Waals surface area contributed by atoms with Crippen molar-refractivity contribution in [3.8, 4) is 5.75 Å². The van der Waals surface area contributed by atoms with Gasteiger partial charge in [-0.25, -0.2) is 9.37 Å². The molecule has 12 nitrogen and oxygen atoms in total. The number of ether oxygens (including phenoxy) is 1. The fourth-order valence-corrected chi connectivity index (χ4v) is 5.74. The van der Waals surface area contributed by atoms with Crippen molar-refractivity contribution < 1.29 is 27.4 Å². The summed E-state index contributed by atoms with van der Waals surface area (Å²) in [5.74, 6) is -1.49. The molecule has 1 saturated heterocycles. The Balaban J connectivity index is 1.58. The van der Waals surface area contributed by atoms with Gasteiger partial charge in [0.1, 0.15) is 17.7 Å². The van der Waals surface area contributed by atoms with Gasteiger partial charge in [0.15, 0.2) is 0 Å². The zero-order valence-electron chi connectivity index (χ0n) is 20.8. The summed E-state index contributed by atoms with van der Waals surface area (Å²) in [6.45, 7) is 2.11. The van der Waals surface area contributed by atoms with Gasteiger partial charge in [-0.05, 0) is 24.7 Å². The van der Waals surface area contributed by atoms with Crippen LogP contribution in [0.2, 0.25) is 0 Å². The number of nitrogens with zero attached hydrogens (tertiary/aromatic N) is 5. The van der Waals surface area contributed by atoms with Gasteiger partial charge in [0.25, 0.3) is 15.8 Å². The molecule has 2 aliphatic heterocycles. The maximum atomic E-state index is 13.4. The minimum atomic E-state index is -3.91. The average Bonchev–Trinajstić information content (AvgIpc) is 3.09. The molecule has 2 N–H and O–H groups in total. The molecule has 4 rings (SSSR count). The first kappa shape index (κ1) is 27.1. The molecule has 0 aliphatic carbocycles. The Morgan fingerprint density at radius 1 is 1.22 bits per heavy atom. The Bertz CT molecular complexity index is 1290. The third-order valence-electron chi connectivity index (χ3n) is 6.60. The third kappa shape index (κ3) is 5.99. The first-order valence-electron chi connectivity index (χ1n) is 11.9. The van der Waals surface area contributed by atoms with Crippen LogP contribution in [0.25, 0.3) is 0 Å². The van der Waals surface area contributed by atoms with Crippen molar-refractivity contribution in [1.82, 2.24) is 28.4 Å². The lowest BCUT2D eigenvalue weighted by Gasteiger charge is -2.36. The van der Waals surface area contributed by atoms with Crippen molar-refractivity contribution in [1.29, 1.82) is 0 Å². The molecule has 1 aromatic carbocycles. The van der Waals surface area contributed by atoms with Crippen molar-refractivity contribution in [2.45, 2.75) is 25.6 Å². The summed E-state index contributed by atoms with van der Waals surface area (Å²) < 4.78 is 49.2. The number of nitrogens with one attached hydrogen (secondary N) is 1. The number of hydrogen-bond acceptors (Lipinski definition) is 8. The Morgan fingerprint density at radius 2 is 1.89 bits per heavy atom. The van der Waals surface area contributed by atoms with Crippen molar-refractivity contribution in [3.63, 3.8) is 0 Å². The van der Waals surface area contributed by atoms with Crippen molar-refractivity contribution in [2.24, 2.45) is 0 Å². The molecule has 14 heteroatoms. The van der Waals surface area contributed by atoms with Crippen LogP contribution in [0.3, 0.4) is 0 Å². The number of halogens is 1. The predicted molar refractivity (Wildman–Crippen MR) is 131 cm³/mol. The molecular weight excluding hydrogens is 507 g/mol. The Kier molecular flexibility index (Phi) is 8.23. The van der Waals surface area contributed by atoms with E-state index in [1.165, 1.54) is 40.2 Å². The quantitative estimate of drug-likeness (QED) is 0.479. The van der Waals surface area contributed by atoms with Gasteiger partial charge in [0, 0.05) is 39.8 Å². The van der Waals surface area contributed by atoms with Crippen LogP contribution in [0, 0.1) is 5.82 Å². The number of aromatic hydroxyl groups is 1. The second kappa shape index (κ2) is 11.2. The van der Waals surface area contributed by atoms with E-state index in [1.54, 1.807) is 0 Å². The topological polar surface area (TPSA) is 137 Å². The molecule has 0 saturated carbocycles. The molecule has 37 heavy (non-hydrogen) atoms. The van der Waals surface area contributed by atoms with E-state index < -0.39 is 45.7 Å². The molecule has 0 bridgehead atoms. The highest BCUT2D eigenvalue weighted by atomic mass is 32.2. The summed E-state index contributed by atoms with van der Waals surface area (Å²) in [6.07, 6.45) is -0.404. The van der Waals surface area contributed by atoms with Crippen molar-refractivity contribution in [2.75, 3.05) is 53.5 Å². The Hall–Kier alpha value is -2.91. The number of fused-ring (bicyclic) bond motifs is 1. The number of benzene rings is 1. The average molecular weight is 539 g/mol. The molecule has 202 valence electrons. The molecule has 2 aromatic rings. The first-order valence-corrected chi connectivity index (χ1v) is 13.3. The van der Waals surface area contributed by atoms with E-state index in [1.807, 2.05) is 11.9 Å². The number of rotatable bonds is 7. The van der Waals surface area contributed by atoms with Crippen LogP contribution in [0.15, 0.2) is 29.1 Å². The number of aromatic nitrogens is 2. The zero-order valence-corrected chi connectivity index (χ0v) is 21.6. The molecule has 3 heterocycles. The number of likely N-dealkylation sites (N-methyl/N-ethyl adjacent to an activating group) is 2. The van der Waals surface area contributed by atoms with E-state index in [4.69, 9.17) is 4.74 Å². The number of hydrogen-bond donors (Lipinski definition) is 2. The minimum Gasteiger partial charge on any atom is -0.502 e. The normalized spacial score (nSPS) is 19.4. The number of amides is 1. The standard InChI is InChI=1S/C23H31FN6O6S/c1-27-7-9-29(10-8-27)37(34,35)28(2)19-15-36-12-11-30-22(19)26-18(21(32)23(30)33)13-20(31)25-14-16-3-5-17(24)6-4-16/h3-6,19,32H,7-15H2,1-2H3,(H,25,31). The van der Waals surface area contributed by atoms with Crippen LogP contribution < -0.4 is 10.9 Å². The third-order valence-corrected chi connectivity index (χ3v) is 8.60. The predicted octanol–water partition coefficient (Wildman–Crippen LogP) is -0.558. The Morgan fingerprint density at radius 3 is 2.57 bits per heavy atom. The van der Waals surface area contributed by atoms with E-state index in [0.29, 0.717) is 31.7 Å². The molecule has 1 fully saturated rings. The van der Waals surface area contributed by atoms with Gasteiger partial charge in [-0.3, -0.25) is 14.2 Å². The van der Waals surface area contributed by atoms with Crippen LogP contribution in [-0.4, -0.2) is 96.0 Å². The van der Waals surface area contributed by atoms with Gasteiger partial charge >= 0.3 is 0 Å². The smallest absolute Gasteiger partial charge is 0.296 e. The maximum absolute atomic E-state index is 13.4. The Labute approximate surface area is 214 Å². The van der Waals surface area contributed by atoms with Crippen LogP contribution >= 0.6 is 0 Å². The summed E-state index contributed by atoms with van der Waals surface area (Å²) in [5, 5.41) is 13.2. The highest BCUT2D eigenvalue weighted by Gasteiger charge is 2.38. The van der Waals surface area contributed by atoms with E-state index in [2.05, 4.69) is 10.3 Å². The van der Waals surface area contributed by atoms with E-state index in [0.717, 1.165) is 4.31 Å². The maximum Gasteiger partial charge on any atom is 0.296 e. The van der Waals surface area contributed by atoms with Crippen LogP contribution in [0.4, 0.5) is 4.39 Å². The second-order valence-electron chi connectivity index (χ2n) is 9.12. The lowest BCUT2D eigenvalue weighted by atomic mass is 10.2. The summed E-state index contributed by atoms with van der Waals surface area (Å²) in [5.41, 5.74) is -0.265. The molecule has 1 amide bonds. The molecule has 1 aromatic heterocycles. The summed E-state index contributed by atoms with van der Waals surface area (Å²) in [4.78, 5) is 32.0. The number of carbonyl (C=O) groups is 1. The lowest BCUT2D eigenvalue weighted by molar-refractivity contribution is -0.120. The van der Waals surface area contributed by atoms with Crippen LogP contribution in [0.1, 0.15) is 23.1 Å². The molecule has 1 atom stereocenters. The van der Waals surface area contributed by atoms with Gasteiger partial charge < -0.3 is 20.1 Å². The molecule has 1 unspecified atom stereocenters. The molecular formula is C23H31FN6O6S. The SMILES string of the molecule is CN1CCN(S(=O)(=O)N(C)C2COCCn3c2nc(CC(=O)NCc2ccc(F)cc2)c(O)c3=O)CC1. The van der Waals surface area contributed by atoms with Gasteiger partial charge in [-0.1, -0.05) is 12.1 Å².